The Balaban J connectivity index is 2.25. The van der Waals surface area contributed by atoms with Gasteiger partial charge in [0.25, 0.3) is 0 Å². The first-order valence-corrected chi connectivity index (χ1v) is 5.51. The molecule has 0 saturated heterocycles. The third kappa shape index (κ3) is 2.14. The second-order valence-corrected chi connectivity index (χ2v) is 3.92. The lowest BCUT2D eigenvalue weighted by Crippen LogP contribution is -1.98. The standard InChI is InChI=1S/C13H16N2O/c1-3-13(16)11-4-6-12(7-5-11)15-9-8-10(2)14-15/h4-9,13,16H,3H2,1-2H3. The van der Waals surface area contributed by atoms with Crippen molar-refractivity contribution in [1.29, 1.82) is 0 Å². The topological polar surface area (TPSA) is 38.0 Å². The Kier molecular flexibility index (Phi) is 3.06. The second-order valence-electron chi connectivity index (χ2n) is 3.92. The minimum Gasteiger partial charge on any atom is -0.388 e. The number of rotatable bonds is 3. The van der Waals surface area contributed by atoms with E-state index in [9.17, 15) is 5.11 Å². The zero-order valence-corrected chi connectivity index (χ0v) is 9.59. The average molecular weight is 216 g/mol. The first-order valence-electron chi connectivity index (χ1n) is 5.51. The zero-order valence-electron chi connectivity index (χ0n) is 9.59. The Labute approximate surface area is 95.3 Å². The fourth-order valence-electron chi connectivity index (χ4n) is 1.64. The van der Waals surface area contributed by atoms with Crippen LogP contribution in [0.25, 0.3) is 5.69 Å². The molecule has 1 unspecified atom stereocenters. The first kappa shape index (κ1) is 10.9. The van der Waals surface area contributed by atoms with Crippen molar-refractivity contribution in [1.82, 2.24) is 9.78 Å². The van der Waals surface area contributed by atoms with Crippen LogP contribution in [0.1, 0.15) is 30.7 Å². The molecular weight excluding hydrogens is 200 g/mol. The minimum absolute atomic E-state index is 0.367. The Bertz CT molecular complexity index is 459. The molecular formula is C13H16N2O. The van der Waals surface area contributed by atoms with E-state index in [0.717, 1.165) is 23.4 Å². The fourth-order valence-corrected chi connectivity index (χ4v) is 1.64. The molecule has 3 nitrogen and oxygen atoms in total. The van der Waals surface area contributed by atoms with E-state index in [1.807, 2.05) is 55.1 Å². The number of hydrogen-bond donors (Lipinski definition) is 1. The molecule has 0 saturated carbocycles. The highest BCUT2D eigenvalue weighted by atomic mass is 16.3. The summed E-state index contributed by atoms with van der Waals surface area (Å²) in [4.78, 5) is 0. The monoisotopic (exact) mass is 216 g/mol. The van der Waals surface area contributed by atoms with E-state index in [2.05, 4.69) is 5.10 Å². The Morgan fingerprint density at radius 2 is 1.94 bits per heavy atom. The molecule has 1 atom stereocenters. The molecule has 16 heavy (non-hydrogen) atoms. The number of hydrogen-bond acceptors (Lipinski definition) is 2. The van der Waals surface area contributed by atoms with Crippen molar-refractivity contribution in [3.63, 3.8) is 0 Å². The van der Waals surface area contributed by atoms with E-state index in [4.69, 9.17) is 0 Å². The highest BCUT2D eigenvalue weighted by molar-refractivity contribution is 5.34. The number of aliphatic hydroxyl groups is 1. The maximum absolute atomic E-state index is 9.67. The van der Waals surface area contributed by atoms with E-state index >= 15 is 0 Å². The molecule has 0 aliphatic carbocycles. The van der Waals surface area contributed by atoms with Gasteiger partial charge in [-0.3, -0.25) is 0 Å². The molecule has 84 valence electrons. The van der Waals surface area contributed by atoms with Crippen molar-refractivity contribution in [3.05, 3.63) is 47.8 Å². The summed E-state index contributed by atoms with van der Waals surface area (Å²) in [5.41, 5.74) is 2.97. The SMILES string of the molecule is CCC(O)c1ccc(-n2ccc(C)n2)cc1. The van der Waals surface area contributed by atoms with Gasteiger partial charge >= 0.3 is 0 Å². The van der Waals surface area contributed by atoms with Gasteiger partial charge < -0.3 is 5.11 Å². The maximum Gasteiger partial charge on any atom is 0.0787 e. The van der Waals surface area contributed by atoms with Crippen molar-refractivity contribution in [2.24, 2.45) is 0 Å². The van der Waals surface area contributed by atoms with Crippen molar-refractivity contribution in [2.75, 3.05) is 0 Å². The zero-order chi connectivity index (χ0) is 11.5. The van der Waals surface area contributed by atoms with Gasteiger partial charge in [0, 0.05) is 6.20 Å². The molecule has 0 bridgehead atoms. The smallest absolute Gasteiger partial charge is 0.0787 e. The molecule has 1 heterocycles. The summed E-state index contributed by atoms with van der Waals surface area (Å²) in [6.07, 6.45) is 2.30. The van der Waals surface area contributed by atoms with Gasteiger partial charge in [0.1, 0.15) is 0 Å². The largest absolute Gasteiger partial charge is 0.388 e. The Morgan fingerprint density at radius 1 is 1.25 bits per heavy atom. The molecule has 1 aromatic heterocycles. The van der Waals surface area contributed by atoms with Crippen molar-refractivity contribution in [3.8, 4) is 5.69 Å². The van der Waals surface area contributed by atoms with Gasteiger partial charge in [-0.1, -0.05) is 19.1 Å². The summed E-state index contributed by atoms with van der Waals surface area (Å²) in [7, 11) is 0. The van der Waals surface area contributed by atoms with Gasteiger partial charge in [-0.25, -0.2) is 4.68 Å². The number of aliphatic hydroxyl groups excluding tert-OH is 1. The predicted octanol–water partition coefficient (Wildman–Crippen LogP) is 2.62. The van der Waals surface area contributed by atoms with Crippen LogP contribution < -0.4 is 0 Å². The van der Waals surface area contributed by atoms with E-state index in [-0.39, 0.29) is 6.10 Å². The van der Waals surface area contributed by atoms with Crippen LogP contribution in [0.4, 0.5) is 0 Å². The van der Waals surface area contributed by atoms with E-state index in [1.165, 1.54) is 0 Å². The molecule has 2 aromatic rings. The normalized spacial score (nSPS) is 12.7. The van der Waals surface area contributed by atoms with Gasteiger partial charge in [0.05, 0.1) is 17.5 Å². The Morgan fingerprint density at radius 3 is 2.44 bits per heavy atom. The number of nitrogens with zero attached hydrogens (tertiary/aromatic N) is 2. The molecule has 0 radical (unpaired) electrons. The van der Waals surface area contributed by atoms with Crippen LogP contribution in [0.5, 0.6) is 0 Å². The van der Waals surface area contributed by atoms with Crippen LogP contribution >= 0.6 is 0 Å². The fraction of sp³-hybridized carbons (Fsp3) is 0.308. The second kappa shape index (κ2) is 4.49. The highest BCUT2D eigenvalue weighted by Gasteiger charge is 2.04. The van der Waals surface area contributed by atoms with Crippen LogP contribution in [0.15, 0.2) is 36.5 Å². The third-order valence-corrected chi connectivity index (χ3v) is 2.65. The number of benzene rings is 1. The van der Waals surface area contributed by atoms with E-state index < -0.39 is 0 Å². The van der Waals surface area contributed by atoms with Crippen LogP contribution in [-0.4, -0.2) is 14.9 Å². The van der Waals surface area contributed by atoms with E-state index in [1.54, 1.807) is 0 Å². The third-order valence-electron chi connectivity index (χ3n) is 2.65. The summed E-state index contributed by atoms with van der Waals surface area (Å²) >= 11 is 0. The summed E-state index contributed by atoms with van der Waals surface area (Å²) in [6.45, 7) is 3.93. The molecule has 1 aromatic carbocycles. The molecule has 0 aliphatic heterocycles. The lowest BCUT2D eigenvalue weighted by molar-refractivity contribution is 0.173. The van der Waals surface area contributed by atoms with Crippen molar-refractivity contribution < 1.29 is 5.11 Å². The molecule has 2 rings (SSSR count). The predicted molar refractivity (Wildman–Crippen MR) is 63.6 cm³/mol. The molecule has 0 fully saturated rings. The average Bonchev–Trinajstić information content (AvgIpc) is 2.75. The van der Waals surface area contributed by atoms with Crippen LogP contribution in [0.2, 0.25) is 0 Å². The molecule has 1 N–H and O–H groups in total. The van der Waals surface area contributed by atoms with Crippen LogP contribution in [0, 0.1) is 6.92 Å². The lowest BCUT2D eigenvalue weighted by Gasteiger charge is -2.08. The van der Waals surface area contributed by atoms with Gasteiger partial charge in [-0.05, 0) is 37.1 Å². The Hall–Kier alpha value is -1.61. The first-order chi connectivity index (χ1) is 7.70. The summed E-state index contributed by atoms with van der Waals surface area (Å²) in [5, 5.41) is 14.0. The molecule has 0 spiro atoms. The van der Waals surface area contributed by atoms with Crippen LogP contribution in [-0.2, 0) is 0 Å². The number of aromatic nitrogens is 2. The van der Waals surface area contributed by atoms with Gasteiger partial charge in [-0.15, -0.1) is 0 Å². The number of aryl methyl sites for hydroxylation is 1. The maximum atomic E-state index is 9.67. The van der Waals surface area contributed by atoms with Gasteiger partial charge in [0.2, 0.25) is 0 Å². The quantitative estimate of drug-likeness (QED) is 0.856. The van der Waals surface area contributed by atoms with Gasteiger partial charge in [-0.2, -0.15) is 5.10 Å². The summed E-state index contributed by atoms with van der Waals surface area (Å²) < 4.78 is 1.83. The lowest BCUT2D eigenvalue weighted by atomic mass is 10.1. The molecule has 0 aliphatic rings. The molecule has 0 amide bonds. The summed E-state index contributed by atoms with van der Waals surface area (Å²) in [6, 6.07) is 9.80. The van der Waals surface area contributed by atoms with Crippen molar-refractivity contribution in [2.45, 2.75) is 26.4 Å². The highest BCUT2D eigenvalue weighted by Crippen LogP contribution is 2.17. The minimum atomic E-state index is -0.367. The van der Waals surface area contributed by atoms with Crippen molar-refractivity contribution >= 4 is 0 Å². The summed E-state index contributed by atoms with van der Waals surface area (Å²) in [5.74, 6) is 0. The molecule has 3 heteroatoms. The van der Waals surface area contributed by atoms with E-state index in [0.29, 0.717) is 0 Å². The van der Waals surface area contributed by atoms with Crippen LogP contribution in [0.3, 0.4) is 0 Å². The van der Waals surface area contributed by atoms with Gasteiger partial charge in [0.15, 0.2) is 0 Å².